The van der Waals surface area contributed by atoms with Crippen molar-refractivity contribution >= 4 is 16.9 Å². The number of fused-ring (bicyclic) bond motifs is 1. The summed E-state index contributed by atoms with van der Waals surface area (Å²) in [4.78, 5) is 13.4. The standard InChI is InChI=1S/C15H17FN2O2/c1-9(18-5-4-10(8-18)15(17)19)14-7-11-6-12(16)2-3-13(11)20-14/h2-3,6-7,9-10H,4-5,8H2,1H3,(H2,17,19)/t9-,10?/m1/s1. The minimum Gasteiger partial charge on any atom is -0.459 e. The molecule has 5 heteroatoms. The predicted molar refractivity (Wildman–Crippen MR) is 73.5 cm³/mol. The number of primary amides is 1. The number of furan rings is 1. The highest BCUT2D eigenvalue weighted by molar-refractivity contribution is 5.78. The Kier molecular flexibility index (Phi) is 3.22. The summed E-state index contributed by atoms with van der Waals surface area (Å²) in [5.41, 5.74) is 6.03. The molecule has 1 aromatic heterocycles. The van der Waals surface area contributed by atoms with E-state index in [9.17, 15) is 9.18 Å². The van der Waals surface area contributed by atoms with Crippen LogP contribution in [0.25, 0.3) is 11.0 Å². The lowest BCUT2D eigenvalue weighted by atomic mass is 10.1. The van der Waals surface area contributed by atoms with Crippen LogP contribution in [0.15, 0.2) is 28.7 Å². The average Bonchev–Trinajstić information content (AvgIpc) is 3.03. The molecule has 0 saturated carbocycles. The molecule has 1 saturated heterocycles. The number of carbonyl (C=O) groups is 1. The van der Waals surface area contributed by atoms with Crippen molar-refractivity contribution in [3.05, 3.63) is 35.8 Å². The van der Waals surface area contributed by atoms with Gasteiger partial charge in [0, 0.05) is 11.9 Å². The number of nitrogens with zero attached hydrogens (tertiary/aromatic N) is 1. The fraction of sp³-hybridized carbons (Fsp3) is 0.400. The number of likely N-dealkylation sites (tertiary alicyclic amines) is 1. The van der Waals surface area contributed by atoms with Crippen molar-refractivity contribution in [2.75, 3.05) is 13.1 Å². The summed E-state index contributed by atoms with van der Waals surface area (Å²) in [6.07, 6.45) is 0.786. The molecule has 1 unspecified atom stereocenters. The molecule has 0 spiro atoms. The zero-order valence-electron chi connectivity index (χ0n) is 11.3. The van der Waals surface area contributed by atoms with Gasteiger partial charge in [-0.15, -0.1) is 0 Å². The molecule has 20 heavy (non-hydrogen) atoms. The van der Waals surface area contributed by atoms with Crippen molar-refractivity contribution < 1.29 is 13.6 Å². The maximum absolute atomic E-state index is 13.2. The second-order valence-corrected chi connectivity index (χ2v) is 5.39. The summed E-state index contributed by atoms with van der Waals surface area (Å²) in [5, 5.41) is 0.762. The van der Waals surface area contributed by atoms with Crippen molar-refractivity contribution in [3.63, 3.8) is 0 Å². The Morgan fingerprint density at radius 1 is 1.50 bits per heavy atom. The lowest BCUT2D eigenvalue weighted by Crippen LogP contribution is -2.29. The monoisotopic (exact) mass is 276 g/mol. The molecule has 2 heterocycles. The molecule has 2 atom stereocenters. The molecule has 1 fully saturated rings. The minimum absolute atomic E-state index is 0.0508. The largest absolute Gasteiger partial charge is 0.459 e. The zero-order chi connectivity index (χ0) is 14.3. The van der Waals surface area contributed by atoms with Gasteiger partial charge in [0.05, 0.1) is 12.0 Å². The van der Waals surface area contributed by atoms with Gasteiger partial charge in [0.1, 0.15) is 17.2 Å². The van der Waals surface area contributed by atoms with E-state index in [4.69, 9.17) is 10.2 Å². The van der Waals surface area contributed by atoms with E-state index in [0.717, 1.165) is 24.1 Å². The molecule has 0 bridgehead atoms. The number of amides is 1. The number of carbonyl (C=O) groups excluding carboxylic acids is 1. The normalized spacial score (nSPS) is 21.4. The van der Waals surface area contributed by atoms with Crippen LogP contribution in [-0.2, 0) is 4.79 Å². The highest BCUT2D eigenvalue weighted by atomic mass is 19.1. The van der Waals surface area contributed by atoms with Crippen molar-refractivity contribution in [1.82, 2.24) is 4.90 Å². The second kappa shape index (κ2) is 4.90. The Bertz CT molecular complexity index is 652. The molecule has 2 N–H and O–H groups in total. The Hall–Kier alpha value is -1.88. The van der Waals surface area contributed by atoms with Crippen LogP contribution in [0.4, 0.5) is 4.39 Å². The summed E-state index contributed by atoms with van der Waals surface area (Å²) in [6, 6.07) is 6.40. The number of rotatable bonds is 3. The summed E-state index contributed by atoms with van der Waals surface area (Å²) < 4.78 is 19.0. The van der Waals surface area contributed by atoms with E-state index in [1.807, 2.05) is 13.0 Å². The number of benzene rings is 1. The van der Waals surface area contributed by atoms with Crippen LogP contribution in [0.1, 0.15) is 25.1 Å². The van der Waals surface area contributed by atoms with Crippen LogP contribution in [0.3, 0.4) is 0 Å². The summed E-state index contributed by atoms with van der Waals surface area (Å²) in [6.45, 7) is 3.50. The van der Waals surface area contributed by atoms with E-state index in [2.05, 4.69) is 4.90 Å². The van der Waals surface area contributed by atoms with Crippen molar-refractivity contribution in [2.45, 2.75) is 19.4 Å². The first-order valence-electron chi connectivity index (χ1n) is 6.77. The molecule has 1 aliphatic heterocycles. The summed E-state index contributed by atoms with van der Waals surface area (Å²) >= 11 is 0. The van der Waals surface area contributed by atoms with E-state index in [0.29, 0.717) is 12.1 Å². The highest BCUT2D eigenvalue weighted by Crippen LogP contribution is 2.31. The molecule has 3 rings (SSSR count). The fourth-order valence-corrected chi connectivity index (χ4v) is 2.79. The Morgan fingerprint density at radius 2 is 2.30 bits per heavy atom. The van der Waals surface area contributed by atoms with Gasteiger partial charge < -0.3 is 10.2 Å². The number of hydrogen-bond donors (Lipinski definition) is 1. The van der Waals surface area contributed by atoms with E-state index in [1.165, 1.54) is 12.1 Å². The highest BCUT2D eigenvalue weighted by Gasteiger charge is 2.31. The third-order valence-electron chi connectivity index (χ3n) is 4.08. The molecule has 1 aromatic carbocycles. The van der Waals surface area contributed by atoms with Crippen LogP contribution in [0.5, 0.6) is 0 Å². The lowest BCUT2D eigenvalue weighted by molar-refractivity contribution is -0.121. The number of hydrogen-bond acceptors (Lipinski definition) is 3. The van der Waals surface area contributed by atoms with E-state index < -0.39 is 0 Å². The molecule has 2 aromatic rings. The van der Waals surface area contributed by atoms with Gasteiger partial charge in [0.15, 0.2) is 0 Å². The molecule has 1 amide bonds. The van der Waals surface area contributed by atoms with E-state index in [1.54, 1.807) is 6.07 Å². The maximum Gasteiger partial charge on any atom is 0.221 e. The second-order valence-electron chi connectivity index (χ2n) is 5.39. The average molecular weight is 276 g/mol. The maximum atomic E-state index is 13.2. The Morgan fingerprint density at radius 3 is 3.00 bits per heavy atom. The number of nitrogens with two attached hydrogens (primary N) is 1. The first-order valence-corrected chi connectivity index (χ1v) is 6.77. The topological polar surface area (TPSA) is 59.5 Å². The predicted octanol–water partition coefficient (Wildman–Crippen LogP) is 2.44. The van der Waals surface area contributed by atoms with Gasteiger partial charge in [0.25, 0.3) is 0 Å². The van der Waals surface area contributed by atoms with Crippen LogP contribution in [0.2, 0.25) is 0 Å². The third-order valence-corrected chi connectivity index (χ3v) is 4.08. The van der Waals surface area contributed by atoms with Gasteiger partial charge in [-0.2, -0.15) is 0 Å². The first kappa shape index (κ1) is 13.1. The molecule has 4 nitrogen and oxygen atoms in total. The van der Waals surface area contributed by atoms with Gasteiger partial charge in [-0.3, -0.25) is 9.69 Å². The summed E-state index contributed by atoms with van der Waals surface area (Å²) in [7, 11) is 0. The molecular weight excluding hydrogens is 259 g/mol. The van der Waals surface area contributed by atoms with Gasteiger partial charge in [-0.05, 0) is 44.2 Å². The molecule has 1 aliphatic rings. The van der Waals surface area contributed by atoms with Crippen LogP contribution >= 0.6 is 0 Å². The lowest BCUT2D eigenvalue weighted by Gasteiger charge is -2.21. The van der Waals surface area contributed by atoms with Gasteiger partial charge in [-0.25, -0.2) is 4.39 Å². The first-order chi connectivity index (χ1) is 9.54. The third kappa shape index (κ3) is 2.29. The fourth-order valence-electron chi connectivity index (χ4n) is 2.79. The quantitative estimate of drug-likeness (QED) is 0.936. The Balaban J connectivity index is 1.82. The molecule has 106 valence electrons. The zero-order valence-corrected chi connectivity index (χ0v) is 11.3. The van der Waals surface area contributed by atoms with Gasteiger partial charge in [0.2, 0.25) is 5.91 Å². The Labute approximate surface area is 116 Å². The SMILES string of the molecule is C[C@H](c1cc2cc(F)ccc2o1)N1CCC(C(N)=O)C1. The smallest absolute Gasteiger partial charge is 0.221 e. The minimum atomic E-state index is -0.271. The van der Waals surface area contributed by atoms with Crippen molar-refractivity contribution in [2.24, 2.45) is 11.7 Å². The van der Waals surface area contributed by atoms with Crippen molar-refractivity contribution in [3.8, 4) is 0 Å². The van der Waals surface area contributed by atoms with Crippen LogP contribution in [0, 0.1) is 11.7 Å². The molecule has 0 aliphatic carbocycles. The number of halogens is 1. The van der Waals surface area contributed by atoms with E-state index in [-0.39, 0.29) is 23.7 Å². The van der Waals surface area contributed by atoms with Crippen molar-refractivity contribution in [1.29, 1.82) is 0 Å². The van der Waals surface area contributed by atoms with Gasteiger partial charge >= 0.3 is 0 Å². The van der Waals surface area contributed by atoms with E-state index >= 15 is 0 Å². The van der Waals surface area contributed by atoms with Crippen LogP contribution < -0.4 is 5.73 Å². The van der Waals surface area contributed by atoms with Crippen LogP contribution in [-0.4, -0.2) is 23.9 Å². The van der Waals surface area contributed by atoms with Gasteiger partial charge in [-0.1, -0.05) is 0 Å². The summed E-state index contributed by atoms with van der Waals surface area (Å²) in [5.74, 6) is 0.189. The molecule has 0 radical (unpaired) electrons. The molecular formula is C15H17FN2O2.